The van der Waals surface area contributed by atoms with Crippen LogP contribution in [0.2, 0.25) is 0 Å². The fraction of sp³-hybridized carbons (Fsp3) is 0.312. The highest BCUT2D eigenvalue weighted by Gasteiger charge is 2.16. The van der Waals surface area contributed by atoms with E-state index in [1.807, 2.05) is 45.7 Å². The molecule has 4 heterocycles. The van der Waals surface area contributed by atoms with Crippen LogP contribution in [-0.4, -0.2) is 38.2 Å². The van der Waals surface area contributed by atoms with Crippen LogP contribution in [0.3, 0.4) is 0 Å². The van der Waals surface area contributed by atoms with Crippen LogP contribution in [-0.2, 0) is 19.5 Å². The van der Waals surface area contributed by atoms with E-state index >= 15 is 0 Å². The first kappa shape index (κ1) is 19.2. The van der Waals surface area contributed by atoms with Gasteiger partial charge in [-0.3, -0.25) is 9.48 Å². The number of nitrogens with zero attached hydrogens (tertiary/aromatic N) is 4. The summed E-state index contributed by atoms with van der Waals surface area (Å²) in [6.45, 7) is 3.03. The van der Waals surface area contributed by atoms with Crippen LogP contribution >= 0.6 is 24.8 Å². The van der Waals surface area contributed by atoms with Gasteiger partial charge in [-0.1, -0.05) is 6.07 Å². The summed E-state index contributed by atoms with van der Waals surface area (Å²) in [6.07, 6.45) is 4.56. The molecule has 134 valence electrons. The molecule has 25 heavy (non-hydrogen) atoms. The molecule has 3 aromatic rings. The molecule has 1 aliphatic rings. The molecule has 2 N–H and O–H groups in total. The first-order valence-corrected chi connectivity index (χ1v) is 7.78. The van der Waals surface area contributed by atoms with Gasteiger partial charge < -0.3 is 15.0 Å². The molecule has 1 amide bonds. The second-order valence-corrected chi connectivity index (χ2v) is 5.61. The molecule has 0 fully saturated rings. The fourth-order valence-electron chi connectivity index (χ4n) is 2.87. The zero-order chi connectivity index (χ0) is 15.6. The molecule has 1 aliphatic heterocycles. The van der Waals surface area contributed by atoms with Crippen LogP contribution < -0.4 is 10.6 Å². The molecule has 9 heteroatoms. The van der Waals surface area contributed by atoms with Gasteiger partial charge in [0.05, 0.1) is 12.2 Å². The molecule has 4 rings (SSSR count). The van der Waals surface area contributed by atoms with Gasteiger partial charge >= 0.3 is 0 Å². The average molecular weight is 383 g/mol. The quantitative estimate of drug-likeness (QED) is 0.715. The number of aromatic nitrogens is 4. The Morgan fingerprint density at radius 2 is 2.20 bits per heavy atom. The van der Waals surface area contributed by atoms with Crippen molar-refractivity contribution in [2.45, 2.75) is 19.5 Å². The van der Waals surface area contributed by atoms with Gasteiger partial charge in [0, 0.05) is 44.1 Å². The third kappa shape index (κ3) is 3.95. The molecule has 0 radical (unpaired) electrons. The minimum absolute atomic E-state index is 0. The van der Waals surface area contributed by atoms with E-state index < -0.39 is 0 Å². The fourth-order valence-corrected chi connectivity index (χ4v) is 2.87. The number of hydrogen-bond acceptors (Lipinski definition) is 4. The predicted molar refractivity (Wildman–Crippen MR) is 99.7 cm³/mol. The third-order valence-electron chi connectivity index (χ3n) is 4.06. The van der Waals surface area contributed by atoms with Crippen molar-refractivity contribution < 1.29 is 4.79 Å². The van der Waals surface area contributed by atoms with Gasteiger partial charge in [-0.05, 0) is 18.2 Å². The molecular weight excluding hydrogens is 363 g/mol. The minimum atomic E-state index is -0.124. The van der Waals surface area contributed by atoms with E-state index in [1.54, 1.807) is 0 Å². The lowest BCUT2D eigenvalue weighted by Crippen LogP contribution is -2.28. The predicted octanol–water partition coefficient (Wildman–Crippen LogP) is 1.45. The number of rotatable bonds is 4. The molecule has 0 saturated heterocycles. The van der Waals surface area contributed by atoms with Gasteiger partial charge in [0.15, 0.2) is 0 Å². The van der Waals surface area contributed by atoms with Crippen LogP contribution in [0.1, 0.15) is 21.9 Å². The third-order valence-corrected chi connectivity index (χ3v) is 4.06. The summed E-state index contributed by atoms with van der Waals surface area (Å²) < 4.78 is 3.93. The van der Waals surface area contributed by atoms with E-state index in [0.29, 0.717) is 12.2 Å². The van der Waals surface area contributed by atoms with Gasteiger partial charge in [0.1, 0.15) is 11.3 Å². The lowest BCUT2D eigenvalue weighted by molar-refractivity contribution is 0.0948. The maximum absolute atomic E-state index is 12.2. The van der Waals surface area contributed by atoms with Crippen molar-refractivity contribution in [1.82, 2.24) is 29.8 Å². The van der Waals surface area contributed by atoms with E-state index in [2.05, 4.69) is 20.7 Å². The summed E-state index contributed by atoms with van der Waals surface area (Å²) in [5, 5.41) is 10.6. The monoisotopic (exact) mass is 382 g/mol. The number of imidazole rings is 1. The van der Waals surface area contributed by atoms with Crippen LogP contribution in [0.25, 0.3) is 5.65 Å². The topological polar surface area (TPSA) is 76.2 Å². The zero-order valence-electron chi connectivity index (χ0n) is 13.5. The number of fused-ring (bicyclic) bond motifs is 2. The number of hydrogen-bond donors (Lipinski definition) is 2. The maximum Gasteiger partial charge on any atom is 0.271 e. The van der Waals surface area contributed by atoms with E-state index in [0.717, 1.165) is 43.1 Å². The van der Waals surface area contributed by atoms with E-state index in [1.165, 1.54) is 0 Å². The first-order chi connectivity index (χ1) is 11.3. The Hall–Kier alpha value is -2.09. The summed E-state index contributed by atoms with van der Waals surface area (Å²) in [5.41, 5.74) is 3.54. The van der Waals surface area contributed by atoms with E-state index in [4.69, 9.17) is 0 Å². The standard InChI is InChI=1S/C16H18N6O.2ClH/c23-16(14-9-13-10-17-6-8-22(13)20-14)18-5-4-12-11-19-15-3-1-2-7-21(12)15;;/h1-3,7,9,11,17H,4-6,8,10H2,(H,18,23);2*1H. The van der Waals surface area contributed by atoms with Crippen molar-refractivity contribution in [3.63, 3.8) is 0 Å². The Balaban J connectivity index is 0.00000113. The molecule has 0 spiro atoms. The van der Waals surface area contributed by atoms with Crippen molar-refractivity contribution in [2.24, 2.45) is 0 Å². The van der Waals surface area contributed by atoms with Crippen molar-refractivity contribution in [2.75, 3.05) is 13.1 Å². The molecule has 3 aromatic heterocycles. The molecule has 7 nitrogen and oxygen atoms in total. The van der Waals surface area contributed by atoms with E-state index in [-0.39, 0.29) is 30.7 Å². The highest BCUT2D eigenvalue weighted by Crippen LogP contribution is 2.08. The minimum Gasteiger partial charge on any atom is -0.350 e. The van der Waals surface area contributed by atoms with Crippen molar-refractivity contribution >= 4 is 36.4 Å². The maximum atomic E-state index is 12.2. The highest BCUT2D eigenvalue weighted by atomic mass is 35.5. The summed E-state index contributed by atoms with van der Waals surface area (Å²) in [5.74, 6) is -0.124. The number of pyridine rings is 1. The zero-order valence-corrected chi connectivity index (χ0v) is 15.1. The van der Waals surface area contributed by atoms with Crippen LogP contribution in [0.5, 0.6) is 0 Å². The van der Waals surface area contributed by atoms with Crippen LogP contribution in [0.4, 0.5) is 0 Å². The summed E-state index contributed by atoms with van der Waals surface area (Å²) in [4.78, 5) is 16.6. The molecule has 0 atom stereocenters. The Morgan fingerprint density at radius 3 is 3.04 bits per heavy atom. The van der Waals surface area contributed by atoms with Gasteiger partial charge in [-0.25, -0.2) is 4.98 Å². The Bertz CT molecular complexity index is 836. The highest BCUT2D eigenvalue weighted by molar-refractivity contribution is 5.92. The van der Waals surface area contributed by atoms with Crippen molar-refractivity contribution in [1.29, 1.82) is 0 Å². The second-order valence-electron chi connectivity index (χ2n) is 5.61. The number of nitrogens with one attached hydrogen (secondary N) is 2. The van der Waals surface area contributed by atoms with Crippen LogP contribution in [0, 0.1) is 0 Å². The Morgan fingerprint density at radius 1 is 1.32 bits per heavy atom. The number of carbonyl (C=O) groups is 1. The summed E-state index contributed by atoms with van der Waals surface area (Å²) in [6, 6.07) is 7.76. The van der Waals surface area contributed by atoms with Gasteiger partial charge in [0.2, 0.25) is 0 Å². The largest absolute Gasteiger partial charge is 0.350 e. The van der Waals surface area contributed by atoms with Gasteiger partial charge in [0.25, 0.3) is 5.91 Å². The second kappa shape index (κ2) is 8.33. The lowest BCUT2D eigenvalue weighted by atomic mass is 10.3. The lowest BCUT2D eigenvalue weighted by Gasteiger charge is -2.13. The van der Waals surface area contributed by atoms with Crippen LogP contribution in [0.15, 0.2) is 36.7 Å². The molecule has 0 aliphatic carbocycles. The van der Waals surface area contributed by atoms with E-state index in [9.17, 15) is 4.79 Å². The smallest absolute Gasteiger partial charge is 0.271 e. The first-order valence-electron chi connectivity index (χ1n) is 7.78. The normalized spacial score (nSPS) is 12.8. The number of carbonyl (C=O) groups excluding carboxylic acids is 1. The SMILES string of the molecule is Cl.Cl.O=C(NCCc1cnc2ccccn12)c1cc2n(n1)CCNC2. The Kier molecular flexibility index (Phi) is 6.41. The summed E-state index contributed by atoms with van der Waals surface area (Å²) in [7, 11) is 0. The average Bonchev–Trinajstić information content (AvgIpc) is 3.19. The Labute approximate surface area is 157 Å². The molecular formula is C16H20Cl2N6O. The molecule has 0 saturated carbocycles. The van der Waals surface area contributed by atoms with Gasteiger partial charge in [-0.2, -0.15) is 5.10 Å². The number of halogens is 2. The van der Waals surface area contributed by atoms with Crippen molar-refractivity contribution in [3.8, 4) is 0 Å². The molecule has 0 bridgehead atoms. The van der Waals surface area contributed by atoms with Crippen molar-refractivity contribution in [3.05, 3.63) is 53.7 Å². The summed E-state index contributed by atoms with van der Waals surface area (Å²) >= 11 is 0. The molecule has 0 aromatic carbocycles. The molecule has 0 unspecified atom stereocenters. The number of amides is 1. The van der Waals surface area contributed by atoms with Gasteiger partial charge in [-0.15, -0.1) is 24.8 Å².